The van der Waals surface area contributed by atoms with Crippen molar-refractivity contribution < 1.29 is 55.1 Å². The lowest BCUT2D eigenvalue weighted by Crippen LogP contribution is -2.49. The van der Waals surface area contributed by atoms with E-state index in [9.17, 15) is 31.2 Å². The number of carbonyl (C=O) groups is 3. The second-order valence-corrected chi connectivity index (χ2v) is 12.8. The third kappa shape index (κ3) is 11.9. The van der Waals surface area contributed by atoms with Crippen LogP contribution in [0.3, 0.4) is 0 Å². The molecule has 3 N–H and O–H groups in total. The van der Waals surface area contributed by atoms with Crippen molar-refractivity contribution in [1.29, 1.82) is 0 Å². The van der Waals surface area contributed by atoms with Crippen LogP contribution in [0.4, 0.5) is 13.2 Å². The van der Waals surface area contributed by atoms with Crippen LogP contribution in [0.15, 0.2) is 45.7 Å². The van der Waals surface area contributed by atoms with Crippen LogP contribution < -0.4 is 5.32 Å². The number of amides is 1. The topological polar surface area (TPSA) is 151 Å². The van der Waals surface area contributed by atoms with Crippen LogP contribution in [0.1, 0.15) is 49.1 Å². The van der Waals surface area contributed by atoms with Gasteiger partial charge in [-0.05, 0) is 35.2 Å². The largest absolute Gasteiger partial charge is 0.490 e. The van der Waals surface area contributed by atoms with E-state index in [2.05, 4.69) is 5.32 Å². The van der Waals surface area contributed by atoms with Crippen LogP contribution in [0.2, 0.25) is 0 Å². The van der Waals surface area contributed by atoms with E-state index in [0.29, 0.717) is 11.0 Å². The molecule has 1 aromatic carbocycles. The summed E-state index contributed by atoms with van der Waals surface area (Å²) in [6.45, 7) is 6.55. The molecule has 1 amide bonds. The minimum absolute atomic E-state index is 0.0601. The molecule has 0 radical (unpaired) electrons. The lowest BCUT2D eigenvalue weighted by atomic mass is 9.87. The highest BCUT2D eigenvalue weighted by Gasteiger charge is 2.38. The zero-order valence-electron chi connectivity index (χ0n) is 22.5. The van der Waals surface area contributed by atoms with E-state index >= 15 is 0 Å². The number of nitrogens with zero attached hydrogens (tertiary/aromatic N) is 1. The number of aliphatic carboxylic acids is 2. The number of rotatable bonds is 9. The average molecular weight is 580 g/mol. The molecule has 0 saturated heterocycles. The van der Waals surface area contributed by atoms with Crippen LogP contribution >= 0.6 is 0 Å². The van der Waals surface area contributed by atoms with Crippen LogP contribution in [0.5, 0.6) is 0 Å². The van der Waals surface area contributed by atoms with Gasteiger partial charge in [0.15, 0.2) is 15.6 Å². The number of hydrogen-bond donors (Lipinski definition) is 3. The number of carbonyl (C=O) groups excluding carboxylic acids is 1. The van der Waals surface area contributed by atoms with Crippen molar-refractivity contribution >= 4 is 27.7 Å². The molecule has 0 aliphatic heterocycles. The maximum Gasteiger partial charge on any atom is 0.490 e. The Kier molecular flexibility index (Phi) is 10.9. The van der Waals surface area contributed by atoms with E-state index < -0.39 is 39.9 Å². The fraction of sp³-hybridized carbons (Fsp3) is 0.480. The zero-order chi connectivity index (χ0) is 30.4. The standard InChI is InChI=1S/C23H32N2O6S.C2HF3O2/c1-23(2,3)16-7-10-19(11-8-16)32(29,30)15-18-9-12-20(31-18)22(28)24-17(13-21(26)27)14-25(4,5)6;3-2(4,5)1(6)7/h7-12,17H,13-15H2,1-6H3,(H-,24,26,27,28);(H,6,7)/p+1/t17-;/m1./s1. The van der Waals surface area contributed by atoms with E-state index in [4.69, 9.17) is 19.4 Å². The molecule has 2 rings (SSSR count). The smallest absolute Gasteiger partial charge is 0.481 e. The Bertz CT molecular complexity index is 1260. The quantitative estimate of drug-likeness (QED) is 0.382. The Morgan fingerprint density at radius 1 is 0.974 bits per heavy atom. The minimum atomic E-state index is -5.08. The summed E-state index contributed by atoms with van der Waals surface area (Å²) >= 11 is 0. The first-order chi connectivity index (χ1) is 17.5. The van der Waals surface area contributed by atoms with Crippen molar-refractivity contribution in [2.24, 2.45) is 0 Å². The van der Waals surface area contributed by atoms with Gasteiger partial charge in [0.1, 0.15) is 11.5 Å². The number of carboxylic acid groups (broad SMARTS) is 2. The normalized spacial score (nSPS) is 13.2. The van der Waals surface area contributed by atoms with Gasteiger partial charge in [-0.15, -0.1) is 0 Å². The number of carboxylic acids is 2. The number of alkyl halides is 3. The summed E-state index contributed by atoms with van der Waals surface area (Å²) in [4.78, 5) is 32.8. The van der Waals surface area contributed by atoms with E-state index in [1.807, 2.05) is 41.9 Å². The molecule has 1 aromatic heterocycles. The molecule has 0 saturated carbocycles. The maximum absolute atomic E-state index is 12.8. The molecule has 39 heavy (non-hydrogen) atoms. The van der Waals surface area contributed by atoms with E-state index in [0.717, 1.165) is 5.56 Å². The second-order valence-electron chi connectivity index (χ2n) is 10.8. The van der Waals surface area contributed by atoms with Crippen molar-refractivity contribution in [1.82, 2.24) is 5.32 Å². The maximum atomic E-state index is 12.8. The molecule has 0 aliphatic carbocycles. The summed E-state index contributed by atoms with van der Waals surface area (Å²) in [5.41, 5.74) is 0.939. The molecule has 0 bridgehead atoms. The summed E-state index contributed by atoms with van der Waals surface area (Å²) < 4.78 is 63.2. The van der Waals surface area contributed by atoms with Gasteiger partial charge in [0, 0.05) is 0 Å². The summed E-state index contributed by atoms with van der Waals surface area (Å²) in [5, 5.41) is 18.9. The Morgan fingerprint density at radius 2 is 1.49 bits per heavy atom. The molecule has 2 aromatic rings. The SMILES string of the molecule is CC(C)(C)c1ccc(S(=O)(=O)Cc2ccc(C(=O)N[C@H](CC(=O)O)C[N+](C)(C)C)o2)cc1.O=C(O)C(F)(F)F. The molecule has 14 heteroatoms. The predicted molar refractivity (Wildman–Crippen MR) is 135 cm³/mol. The summed E-state index contributed by atoms with van der Waals surface area (Å²) in [7, 11) is 2.02. The van der Waals surface area contributed by atoms with Gasteiger partial charge < -0.3 is 24.4 Å². The summed E-state index contributed by atoms with van der Waals surface area (Å²) in [5.74, 6) is -4.67. The van der Waals surface area contributed by atoms with Gasteiger partial charge >= 0.3 is 18.1 Å². The molecular formula is C25H34F3N2O8S+. The van der Waals surface area contributed by atoms with Crippen molar-refractivity contribution in [3.63, 3.8) is 0 Å². The lowest BCUT2D eigenvalue weighted by molar-refractivity contribution is -0.871. The average Bonchev–Trinajstić information content (AvgIpc) is 3.19. The predicted octanol–water partition coefficient (Wildman–Crippen LogP) is 3.46. The third-order valence-electron chi connectivity index (χ3n) is 5.06. The van der Waals surface area contributed by atoms with Crippen molar-refractivity contribution in [2.45, 2.75) is 55.5 Å². The number of halogens is 3. The van der Waals surface area contributed by atoms with E-state index in [1.165, 1.54) is 12.1 Å². The Labute approximate surface area is 224 Å². The third-order valence-corrected chi connectivity index (χ3v) is 6.72. The van der Waals surface area contributed by atoms with E-state index in [-0.39, 0.29) is 34.0 Å². The monoisotopic (exact) mass is 579 g/mol. The van der Waals surface area contributed by atoms with Gasteiger partial charge in [-0.2, -0.15) is 13.2 Å². The zero-order valence-corrected chi connectivity index (χ0v) is 23.3. The molecule has 0 fully saturated rings. The molecule has 1 atom stereocenters. The number of quaternary nitrogens is 1. The van der Waals surface area contributed by atoms with Crippen molar-refractivity contribution in [2.75, 3.05) is 27.7 Å². The van der Waals surface area contributed by atoms with Gasteiger partial charge in [-0.3, -0.25) is 9.59 Å². The van der Waals surface area contributed by atoms with Crippen LogP contribution in [0.25, 0.3) is 0 Å². The number of likely N-dealkylation sites (N-methyl/N-ethyl adjacent to an activating group) is 1. The van der Waals surface area contributed by atoms with Crippen molar-refractivity contribution in [3.8, 4) is 0 Å². The van der Waals surface area contributed by atoms with Gasteiger partial charge in [-0.25, -0.2) is 13.2 Å². The van der Waals surface area contributed by atoms with Crippen LogP contribution in [-0.4, -0.2) is 80.9 Å². The highest BCUT2D eigenvalue weighted by molar-refractivity contribution is 7.90. The van der Waals surface area contributed by atoms with Gasteiger partial charge in [0.25, 0.3) is 5.91 Å². The Morgan fingerprint density at radius 3 is 1.90 bits per heavy atom. The molecule has 10 nitrogen and oxygen atoms in total. The molecular weight excluding hydrogens is 545 g/mol. The number of furan rings is 1. The van der Waals surface area contributed by atoms with Crippen LogP contribution in [-0.2, 0) is 30.6 Å². The van der Waals surface area contributed by atoms with Gasteiger partial charge in [0.2, 0.25) is 0 Å². The number of hydrogen-bond acceptors (Lipinski definition) is 6. The molecule has 0 aliphatic rings. The molecule has 0 unspecified atom stereocenters. The molecule has 218 valence electrons. The number of nitrogens with one attached hydrogen (secondary N) is 1. The van der Waals surface area contributed by atoms with Gasteiger partial charge in [0.05, 0.1) is 45.0 Å². The minimum Gasteiger partial charge on any atom is -0.481 e. The van der Waals surface area contributed by atoms with Gasteiger partial charge in [-0.1, -0.05) is 32.9 Å². The summed E-state index contributed by atoms with van der Waals surface area (Å²) in [6, 6.07) is 8.99. The number of sulfone groups is 1. The lowest BCUT2D eigenvalue weighted by Gasteiger charge is -2.28. The van der Waals surface area contributed by atoms with E-state index in [1.54, 1.807) is 24.3 Å². The van der Waals surface area contributed by atoms with Crippen LogP contribution in [0, 0.1) is 0 Å². The second kappa shape index (κ2) is 12.6. The first-order valence-electron chi connectivity index (χ1n) is 11.6. The molecule has 1 heterocycles. The fourth-order valence-electron chi connectivity index (χ4n) is 3.30. The van der Waals surface area contributed by atoms with Crippen molar-refractivity contribution in [3.05, 3.63) is 53.5 Å². The highest BCUT2D eigenvalue weighted by atomic mass is 32.2. The Balaban J connectivity index is 0.000000956. The number of benzene rings is 1. The first kappa shape index (κ1) is 33.6. The Hall–Kier alpha value is -3.39. The first-order valence-corrected chi connectivity index (χ1v) is 13.2. The fourth-order valence-corrected chi connectivity index (χ4v) is 4.55. The molecule has 0 spiro atoms. The summed E-state index contributed by atoms with van der Waals surface area (Å²) in [6.07, 6.45) is -5.31. The highest BCUT2D eigenvalue weighted by Crippen LogP contribution is 2.25.